The zero-order valence-corrected chi connectivity index (χ0v) is 30.9. The van der Waals surface area contributed by atoms with E-state index in [9.17, 15) is 40.5 Å². The van der Waals surface area contributed by atoms with Crippen LogP contribution < -0.4 is 14.9 Å². The number of ether oxygens (including phenoxy) is 6. The summed E-state index contributed by atoms with van der Waals surface area (Å²) in [5.74, 6) is 0.436. The summed E-state index contributed by atoms with van der Waals surface area (Å²) in [4.78, 5) is 15.7. The van der Waals surface area contributed by atoms with E-state index < -0.39 is 74.6 Å². The second-order valence-electron chi connectivity index (χ2n) is 13.3. The molecule has 0 spiro atoms. The molecule has 3 rings (SSSR count). The Morgan fingerprint density at radius 2 is 1.48 bits per heavy atom. The quantitative estimate of drug-likeness (QED) is 0.0814. The number of nitrogens with one attached hydrogen (secondary N) is 1. The summed E-state index contributed by atoms with van der Waals surface area (Å²) in [6, 6.07) is 0. The van der Waals surface area contributed by atoms with E-state index in [2.05, 4.69) is 11.9 Å². The molecule has 1 aromatic rings. The van der Waals surface area contributed by atoms with E-state index in [0.717, 1.165) is 12.0 Å². The molecule has 294 valence electrons. The Bertz CT molecular complexity index is 1440. The van der Waals surface area contributed by atoms with E-state index in [-0.39, 0.29) is 41.4 Å². The lowest BCUT2D eigenvalue weighted by molar-refractivity contribution is -0.331. The number of rotatable bonds is 17. The Kier molecular flexibility index (Phi) is 17.1. The SMILES string of the molecule is C/C=C(\C)[C@H](CO[C@@H]1O[C@H](CO[C@H]2O[C@H](CO)[C@H](O)[C@H](O)[C@H]2O)[C@@H](O)[C@H](O)[C@H]1O)[C@H](C)/C=C/C=C/CC(C)/C=C/c1[nH]c(OC)c(OC)c(=O)c1C. The Morgan fingerprint density at radius 1 is 0.865 bits per heavy atom. The average molecular weight is 740 g/mol. The molecule has 0 saturated carbocycles. The van der Waals surface area contributed by atoms with Gasteiger partial charge in [-0.15, -0.1) is 0 Å². The molecule has 13 atom stereocenters. The Hall–Kier alpha value is -2.93. The molecule has 2 aliphatic rings. The second kappa shape index (κ2) is 20.5. The monoisotopic (exact) mass is 739 g/mol. The maximum atomic E-state index is 12.6. The third kappa shape index (κ3) is 10.8. The molecule has 15 heteroatoms. The molecule has 0 radical (unpaired) electrons. The van der Waals surface area contributed by atoms with Crippen molar-refractivity contribution in [3.63, 3.8) is 0 Å². The summed E-state index contributed by atoms with van der Waals surface area (Å²) < 4.78 is 33.0. The van der Waals surface area contributed by atoms with Gasteiger partial charge in [0, 0.05) is 17.2 Å². The molecule has 0 bridgehead atoms. The number of aromatic nitrogens is 1. The van der Waals surface area contributed by atoms with Gasteiger partial charge < -0.3 is 69.2 Å². The molecule has 15 nitrogen and oxygen atoms in total. The molecule has 2 saturated heterocycles. The van der Waals surface area contributed by atoms with Gasteiger partial charge in [0.2, 0.25) is 17.1 Å². The van der Waals surface area contributed by atoms with Gasteiger partial charge >= 0.3 is 0 Å². The summed E-state index contributed by atoms with van der Waals surface area (Å²) in [6.45, 7) is 8.70. The third-order valence-corrected chi connectivity index (χ3v) is 9.63. The van der Waals surface area contributed by atoms with Crippen LogP contribution in [0.25, 0.3) is 6.08 Å². The van der Waals surface area contributed by atoms with E-state index in [4.69, 9.17) is 28.4 Å². The minimum absolute atomic E-state index is 0.00964. The number of methoxy groups -OCH3 is 2. The number of hydrogen-bond donors (Lipinski definition) is 8. The predicted molar refractivity (Wildman–Crippen MR) is 190 cm³/mol. The molecule has 1 unspecified atom stereocenters. The van der Waals surface area contributed by atoms with Gasteiger partial charge in [0.05, 0.1) is 34.0 Å². The maximum Gasteiger partial charge on any atom is 0.238 e. The first kappa shape index (κ1) is 43.5. The number of aromatic amines is 1. The summed E-state index contributed by atoms with van der Waals surface area (Å²) in [5, 5.41) is 71.5. The van der Waals surface area contributed by atoms with Crippen LogP contribution in [-0.2, 0) is 18.9 Å². The highest BCUT2D eigenvalue weighted by atomic mass is 16.7. The van der Waals surface area contributed by atoms with Crippen LogP contribution in [-0.4, -0.2) is 136 Å². The Morgan fingerprint density at radius 3 is 2.08 bits per heavy atom. The highest BCUT2D eigenvalue weighted by molar-refractivity contribution is 5.53. The van der Waals surface area contributed by atoms with Crippen molar-refractivity contribution in [1.29, 1.82) is 0 Å². The first-order valence-electron chi connectivity index (χ1n) is 17.4. The smallest absolute Gasteiger partial charge is 0.238 e. The predicted octanol–water partition coefficient (Wildman–Crippen LogP) is 0.712. The van der Waals surface area contributed by atoms with Crippen LogP contribution in [0, 0.1) is 24.7 Å². The van der Waals surface area contributed by atoms with Crippen molar-refractivity contribution < 1.29 is 64.2 Å². The Labute approximate surface area is 304 Å². The largest absolute Gasteiger partial charge is 0.488 e. The zero-order chi connectivity index (χ0) is 38.7. The molecule has 0 aliphatic carbocycles. The minimum Gasteiger partial charge on any atom is -0.488 e. The molecule has 8 N–H and O–H groups in total. The lowest BCUT2D eigenvalue weighted by atomic mass is 9.87. The summed E-state index contributed by atoms with van der Waals surface area (Å²) in [7, 11) is 2.89. The van der Waals surface area contributed by atoms with Crippen LogP contribution in [0.15, 0.2) is 46.8 Å². The van der Waals surface area contributed by atoms with Gasteiger partial charge in [0.25, 0.3) is 0 Å². The van der Waals surface area contributed by atoms with E-state index in [0.29, 0.717) is 11.3 Å². The highest BCUT2D eigenvalue weighted by Crippen LogP contribution is 2.29. The first-order chi connectivity index (χ1) is 24.7. The number of aliphatic hydroxyl groups excluding tert-OH is 7. The van der Waals surface area contributed by atoms with Crippen LogP contribution in [0.3, 0.4) is 0 Å². The second-order valence-corrected chi connectivity index (χ2v) is 13.3. The van der Waals surface area contributed by atoms with Gasteiger partial charge in [-0.1, -0.05) is 55.9 Å². The molecular weight excluding hydrogens is 682 g/mol. The van der Waals surface area contributed by atoms with Gasteiger partial charge in [-0.25, -0.2) is 0 Å². The number of hydrogen-bond acceptors (Lipinski definition) is 14. The third-order valence-electron chi connectivity index (χ3n) is 9.63. The maximum absolute atomic E-state index is 12.6. The van der Waals surface area contributed by atoms with E-state index >= 15 is 0 Å². The topological polar surface area (TPSA) is 230 Å². The Balaban J connectivity index is 1.57. The molecule has 0 aromatic carbocycles. The van der Waals surface area contributed by atoms with Crippen molar-refractivity contribution in [2.75, 3.05) is 34.0 Å². The molecule has 1 aromatic heterocycles. The lowest BCUT2D eigenvalue weighted by Crippen LogP contribution is -2.61. The van der Waals surface area contributed by atoms with Crippen LogP contribution in [0.4, 0.5) is 0 Å². The molecule has 3 heterocycles. The highest BCUT2D eigenvalue weighted by Gasteiger charge is 2.47. The van der Waals surface area contributed by atoms with Gasteiger partial charge in [0.15, 0.2) is 12.6 Å². The van der Waals surface area contributed by atoms with E-state index in [1.54, 1.807) is 6.92 Å². The number of H-pyrrole nitrogens is 1. The van der Waals surface area contributed by atoms with Crippen molar-refractivity contribution in [3.05, 3.63) is 63.5 Å². The fourth-order valence-electron chi connectivity index (χ4n) is 5.95. The molecule has 2 fully saturated rings. The molecule has 0 amide bonds. The van der Waals surface area contributed by atoms with Gasteiger partial charge in [-0.2, -0.15) is 0 Å². The van der Waals surface area contributed by atoms with Crippen molar-refractivity contribution >= 4 is 6.08 Å². The van der Waals surface area contributed by atoms with Crippen LogP contribution in [0.2, 0.25) is 0 Å². The van der Waals surface area contributed by atoms with E-state index in [1.165, 1.54) is 14.2 Å². The van der Waals surface area contributed by atoms with Crippen LogP contribution in [0.1, 0.15) is 45.4 Å². The van der Waals surface area contributed by atoms with Gasteiger partial charge in [-0.3, -0.25) is 4.79 Å². The fraction of sp³-hybridized carbons (Fsp3) is 0.649. The average Bonchev–Trinajstić information content (AvgIpc) is 3.14. The van der Waals surface area contributed by atoms with Gasteiger partial charge in [-0.05, 0) is 45.1 Å². The van der Waals surface area contributed by atoms with Gasteiger partial charge in [0.1, 0.15) is 48.8 Å². The van der Waals surface area contributed by atoms with Crippen molar-refractivity contribution in [2.45, 2.75) is 102 Å². The number of pyridine rings is 1. The van der Waals surface area contributed by atoms with E-state index in [1.807, 2.05) is 63.3 Å². The summed E-state index contributed by atoms with van der Waals surface area (Å²) >= 11 is 0. The zero-order valence-electron chi connectivity index (χ0n) is 30.9. The number of aliphatic hydroxyl groups is 7. The summed E-state index contributed by atoms with van der Waals surface area (Å²) in [6.07, 6.45) is -0.355. The first-order valence-corrected chi connectivity index (χ1v) is 17.4. The fourth-order valence-corrected chi connectivity index (χ4v) is 5.95. The molecule has 2 aliphatic heterocycles. The van der Waals surface area contributed by atoms with Crippen molar-refractivity contribution in [1.82, 2.24) is 4.98 Å². The molecular formula is C37H57NO14. The summed E-state index contributed by atoms with van der Waals surface area (Å²) in [5.41, 5.74) is 1.97. The molecule has 52 heavy (non-hydrogen) atoms. The minimum atomic E-state index is -1.66. The van der Waals surface area contributed by atoms with Crippen LogP contribution in [0.5, 0.6) is 11.6 Å². The lowest BCUT2D eigenvalue weighted by Gasteiger charge is -2.43. The van der Waals surface area contributed by atoms with Crippen LogP contribution >= 0.6 is 0 Å². The number of allylic oxidation sites excluding steroid dienone is 6. The normalized spacial score (nSPS) is 32.1. The van der Waals surface area contributed by atoms with Crippen molar-refractivity contribution in [2.24, 2.45) is 17.8 Å². The van der Waals surface area contributed by atoms with Crippen molar-refractivity contribution in [3.8, 4) is 11.6 Å². The standard InChI is InChI=1S/C37H57NO14/c1-8-20(3)23(21(4)13-11-9-10-12-19(2)14-15-24-22(5)27(40)34(47-6)35(38-24)48-7)17-49-36-33(46)31(44)29(42)26(52-36)18-50-37-32(45)30(43)28(41)25(16-39)51-37/h8-11,13-15,19,21,23,25-26,28-33,36-37,39,41-46H,12,16-18H2,1-7H3,(H,38,40)/b10-9+,13-11+,15-14+,20-8+/t19?,21-,23+,25-,26-,28+,29-,30+,31+,32-,33-,36-,37+/m1/s1.